The summed E-state index contributed by atoms with van der Waals surface area (Å²) >= 11 is 0. The summed E-state index contributed by atoms with van der Waals surface area (Å²) < 4.78 is 53.0. The van der Waals surface area contributed by atoms with Gasteiger partial charge in [0.2, 0.25) is 0 Å². The van der Waals surface area contributed by atoms with Crippen LogP contribution in [0.5, 0.6) is 0 Å². The Morgan fingerprint density at radius 3 is 2.12 bits per heavy atom. The van der Waals surface area contributed by atoms with Crippen molar-refractivity contribution in [1.29, 1.82) is 0 Å². The number of alkyl halides is 3. The Morgan fingerprint density at radius 2 is 1.56 bits per heavy atom. The van der Waals surface area contributed by atoms with Crippen molar-refractivity contribution in [2.24, 2.45) is 4.99 Å². The third kappa shape index (κ3) is 6.60. The summed E-state index contributed by atoms with van der Waals surface area (Å²) in [6.07, 6.45) is -6.38. The largest absolute Gasteiger partial charge is 0.550 e. The van der Waals surface area contributed by atoms with E-state index in [9.17, 15) is 27.9 Å². The predicted molar refractivity (Wildman–Crippen MR) is 114 cm³/mol. The number of ether oxygens (including phenoxy) is 2. The van der Waals surface area contributed by atoms with Gasteiger partial charge in [0, 0.05) is 5.97 Å². The van der Waals surface area contributed by atoms with Crippen molar-refractivity contribution in [1.82, 2.24) is 5.32 Å². The number of carboxylic acid groups (broad SMARTS) is 1. The standard InChI is InChI=1S/C24H23F3N2O5/c25-24(26,27)21-19(33-15-17-8-3-1-4-9-17)14-28-23(21,13-7-12-20(30)31)29-22(32)34-16-18-10-5-2-6-11-18/h1-6,8-11,14H,7,12-13,15-16H2,(H,29,32)(H,30,31)/p-1. The number of benzene rings is 2. The average Bonchev–Trinajstić information content (AvgIpc) is 3.16. The average molecular weight is 475 g/mol. The van der Waals surface area contributed by atoms with Gasteiger partial charge in [-0.15, -0.1) is 0 Å². The van der Waals surface area contributed by atoms with Crippen LogP contribution in [0.2, 0.25) is 0 Å². The number of carbonyl (C=O) groups excluding carboxylic acids is 2. The van der Waals surface area contributed by atoms with E-state index in [2.05, 4.69) is 10.3 Å². The van der Waals surface area contributed by atoms with Crippen molar-refractivity contribution in [3.05, 3.63) is 83.1 Å². The van der Waals surface area contributed by atoms with Crippen molar-refractivity contribution in [2.45, 2.75) is 44.3 Å². The molecule has 3 rings (SSSR count). The third-order valence-electron chi connectivity index (χ3n) is 5.02. The van der Waals surface area contributed by atoms with Gasteiger partial charge >= 0.3 is 12.3 Å². The van der Waals surface area contributed by atoms with Gasteiger partial charge in [0.25, 0.3) is 0 Å². The maximum absolute atomic E-state index is 14.2. The number of hydrogen-bond donors (Lipinski definition) is 1. The lowest BCUT2D eigenvalue weighted by Crippen LogP contribution is -2.51. The number of halogens is 3. The van der Waals surface area contributed by atoms with Crippen LogP contribution in [0, 0.1) is 0 Å². The van der Waals surface area contributed by atoms with E-state index in [0.717, 1.165) is 6.21 Å². The minimum absolute atomic E-state index is 0.157. The van der Waals surface area contributed by atoms with Crippen LogP contribution in [0.4, 0.5) is 18.0 Å². The van der Waals surface area contributed by atoms with Crippen LogP contribution in [-0.2, 0) is 27.5 Å². The van der Waals surface area contributed by atoms with E-state index in [4.69, 9.17) is 9.47 Å². The quantitative estimate of drug-likeness (QED) is 0.566. The normalized spacial score (nSPS) is 17.5. The number of rotatable bonds is 10. The molecule has 0 spiro atoms. The molecule has 1 atom stereocenters. The summed E-state index contributed by atoms with van der Waals surface area (Å²) in [7, 11) is 0. The molecule has 0 radical (unpaired) electrons. The van der Waals surface area contributed by atoms with E-state index in [1.54, 1.807) is 60.7 Å². The minimum atomic E-state index is -4.93. The zero-order chi connectivity index (χ0) is 24.6. The number of aliphatic imine (C=N–C) groups is 1. The maximum atomic E-state index is 14.2. The number of amides is 1. The number of allylic oxidation sites excluding steroid dienone is 1. The molecule has 10 heteroatoms. The summed E-state index contributed by atoms with van der Waals surface area (Å²) in [6, 6.07) is 17.2. The number of aliphatic carboxylic acids is 1. The number of hydrogen-bond acceptors (Lipinski definition) is 6. The second-order valence-corrected chi connectivity index (χ2v) is 7.54. The first-order valence-electron chi connectivity index (χ1n) is 10.4. The van der Waals surface area contributed by atoms with E-state index in [0.29, 0.717) is 11.1 Å². The Labute approximate surface area is 193 Å². The highest BCUT2D eigenvalue weighted by atomic mass is 19.4. The maximum Gasteiger partial charge on any atom is 0.420 e. The number of nitrogens with one attached hydrogen (secondary N) is 1. The Bertz CT molecular complexity index is 1060. The van der Waals surface area contributed by atoms with Crippen LogP contribution in [-0.4, -0.2) is 30.1 Å². The van der Waals surface area contributed by atoms with E-state index >= 15 is 0 Å². The molecule has 34 heavy (non-hydrogen) atoms. The molecule has 0 aromatic heterocycles. The number of alkyl carbamates (subject to hydrolysis) is 1. The Morgan fingerprint density at radius 1 is 0.971 bits per heavy atom. The van der Waals surface area contributed by atoms with Crippen molar-refractivity contribution in [3.63, 3.8) is 0 Å². The van der Waals surface area contributed by atoms with Crippen LogP contribution in [0.3, 0.4) is 0 Å². The molecule has 0 bridgehead atoms. The van der Waals surface area contributed by atoms with Crippen molar-refractivity contribution < 1.29 is 37.3 Å². The van der Waals surface area contributed by atoms with Crippen molar-refractivity contribution in [3.8, 4) is 0 Å². The van der Waals surface area contributed by atoms with Crippen LogP contribution in [0.25, 0.3) is 0 Å². The van der Waals surface area contributed by atoms with Gasteiger partial charge in [0.05, 0.1) is 6.21 Å². The molecule has 0 fully saturated rings. The predicted octanol–water partition coefficient (Wildman–Crippen LogP) is 3.65. The van der Waals surface area contributed by atoms with E-state index in [-0.39, 0.29) is 19.6 Å². The van der Waals surface area contributed by atoms with Gasteiger partial charge < -0.3 is 19.4 Å². The Hall–Kier alpha value is -3.82. The molecular formula is C24H22F3N2O5-. The van der Waals surface area contributed by atoms with E-state index in [1.165, 1.54) is 0 Å². The molecule has 7 nitrogen and oxygen atoms in total. The molecule has 0 saturated carbocycles. The Kier molecular flexibility index (Phi) is 7.93. The van der Waals surface area contributed by atoms with Crippen molar-refractivity contribution in [2.75, 3.05) is 0 Å². The van der Waals surface area contributed by atoms with Gasteiger partial charge in [0.1, 0.15) is 24.5 Å². The minimum Gasteiger partial charge on any atom is -0.550 e. The van der Waals surface area contributed by atoms with Gasteiger partial charge in [0.15, 0.2) is 5.66 Å². The highest BCUT2D eigenvalue weighted by Crippen LogP contribution is 2.43. The molecule has 1 heterocycles. The number of carbonyl (C=O) groups is 2. The monoisotopic (exact) mass is 475 g/mol. The summed E-state index contributed by atoms with van der Waals surface area (Å²) in [4.78, 5) is 27.2. The fraction of sp³-hybridized carbons (Fsp3) is 0.292. The molecule has 2 aromatic carbocycles. The summed E-state index contributed by atoms with van der Waals surface area (Å²) in [5, 5.41) is 13.0. The summed E-state index contributed by atoms with van der Waals surface area (Å²) in [5.41, 5.74) is -2.26. The molecule has 1 N–H and O–H groups in total. The summed E-state index contributed by atoms with van der Waals surface area (Å²) in [6.45, 7) is -0.330. The van der Waals surface area contributed by atoms with Crippen LogP contribution in [0.15, 0.2) is 77.0 Å². The fourth-order valence-corrected chi connectivity index (χ4v) is 3.48. The lowest BCUT2D eigenvalue weighted by molar-refractivity contribution is -0.305. The summed E-state index contributed by atoms with van der Waals surface area (Å²) in [5.74, 6) is -1.99. The molecule has 0 aliphatic carbocycles. The van der Waals surface area contributed by atoms with Gasteiger partial charge in [-0.25, -0.2) is 4.79 Å². The second-order valence-electron chi connectivity index (χ2n) is 7.54. The number of nitrogens with zero attached hydrogens (tertiary/aromatic N) is 1. The zero-order valence-electron chi connectivity index (χ0n) is 18.0. The smallest absolute Gasteiger partial charge is 0.420 e. The van der Waals surface area contributed by atoms with Gasteiger partial charge in [-0.2, -0.15) is 13.2 Å². The lowest BCUT2D eigenvalue weighted by atomic mass is 9.94. The van der Waals surface area contributed by atoms with Crippen LogP contribution < -0.4 is 10.4 Å². The first-order chi connectivity index (χ1) is 16.2. The van der Waals surface area contributed by atoms with Gasteiger partial charge in [-0.3, -0.25) is 10.3 Å². The molecular weight excluding hydrogens is 453 g/mol. The SMILES string of the molecule is O=C([O-])CCCC1(NC(=O)OCc2ccccc2)N=CC(OCc2ccccc2)=C1C(F)(F)F. The molecule has 1 aliphatic heterocycles. The van der Waals surface area contributed by atoms with E-state index in [1.807, 2.05) is 0 Å². The van der Waals surface area contributed by atoms with Crippen molar-refractivity contribution >= 4 is 18.3 Å². The number of carboxylic acids is 1. The highest BCUT2D eigenvalue weighted by Gasteiger charge is 2.54. The van der Waals surface area contributed by atoms with Gasteiger partial charge in [-0.05, 0) is 30.4 Å². The van der Waals surface area contributed by atoms with Crippen LogP contribution in [0.1, 0.15) is 30.4 Å². The first kappa shape index (κ1) is 24.8. The second kappa shape index (κ2) is 10.9. The van der Waals surface area contributed by atoms with E-state index < -0.39 is 48.1 Å². The van der Waals surface area contributed by atoms with Gasteiger partial charge in [-0.1, -0.05) is 60.7 Å². The fourth-order valence-electron chi connectivity index (χ4n) is 3.48. The lowest BCUT2D eigenvalue weighted by Gasteiger charge is -2.31. The molecule has 0 saturated heterocycles. The third-order valence-corrected chi connectivity index (χ3v) is 5.02. The molecule has 2 aromatic rings. The highest BCUT2D eigenvalue weighted by molar-refractivity contribution is 5.84. The molecule has 1 amide bonds. The topological polar surface area (TPSA) is 100 Å². The zero-order valence-corrected chi connectivity index (χ0v) is 18.0. The van der Waals surface area contributed by atoms with Crippen LogP contribution >= 0.6 is 0 Å². The molecule has 1 unspecified atom stereocenters. The Balaban J connectivity index is 1.84. The molecule has 1 aliphatic rings. The first-order valence-corrected chi connectivity index (χ1v) is 10.4. The molecule has 180 valence electrons.